The van der Waals surface area contributed by atoms with E-state index < -0.39 is 6.10 Å². The molecule has 0 amide bonds. The van der Waals surface area contributed by atoms with E-state index in [1.807, 2.05) is 0 Å². The van der Waals surface area contributed by atoms with Crippen LogP contribution < -0.4 is 0 Å². The molecule has 1 N–H and O–H groups in total. The Bertz CT molecular complexity index is 391. The highest BCUT2D eigenvalue weighted by Gasteiger charge is 2.31. The summed E-state index contributed by atoms with van der Waals surface area (Å²) >= 11 is 3.34. The van der Waals surface area contributed by atoms with Crippen LogP contribution in [0.5, 0.6) is 0 Å². The molecular formula is C15H20BrFO. The average molecular weight is 315 g/mol. The lowest BCUT2D eigenvalue weighted by atomic mass is 9.73. The fourth-order valence-electron chi connectivity index (χ4n) is 3.30. The van der Waals surface area contributed by atoms with Crippen LogP contribution in [0.3, 0.4) is 0 Å². The molecule has 100 valence electrons. The van der Waals surface area contributed by atoms with Gasteiger partial charge in [0.05, 0.1) is 6.10 Å². The van der Waals surface area contributed by atoms with E-state index in [-0.39, 0.29) is 11.7 Å². The minimum absolute atomic E-state index is 0.164. The summed E-state index contributed by atoms with van der Waals surface area (Å²) in [6.07, 6.45) is 2.46. The first-order valence-electron chi connectivity index (χ1n) is 6.61. The molecule has 0 bridgehead atoms. The molecule has 3 unspecified atom stereocenters. The van der Waals surface area contributed by atoms with Crippen LogP contribution in [0.1, 0.15) is 44.8 Å². The van der Waals surface area contributed by atoms with Gasteiger partial charge in [-0.1, -0.05) is 35.8 Å². The lowest BCUT2D eigenvalue weighted by molar-refractivity contribution is 0.0521. The van der Waals surface area contributed by atoms with Crippen LogP contribution in [-0.4, -0.2) is 5.11 Å². The van der Waals surface area contributed by atoms with Gasteiger partial charge in [-0.25, -0.2) is 4.39 Å². The van der Waals surface area contributed by atoms with Crippen LogP contribution >= 0.6 is 15.9 Å². The van der Waals surface area contributed by atoms with Gasteiger partial charge in [0, 0.05) is 10.0 Å². The maximum atomic E-state index is 13.9. The van der Waals surface area contributed by atoms with E-state index in [4.69, 9.17) is 0 Å². The first-order valence-corrected chi connectivity index (χ1v) is 7.40. The Morgan fingerprint density at radius 2 is 1.83 bits per heavy atom. The highest BCUT2D eigenvalue weighted by Crippen LogP contribution is 2.41. The molecular weight excluding hydrogens is 295 g/mol. The smallest absolute Gasteiger partial charge is 0.130 e. The van der Waals surface area contributed by atoms with E-state index in [0.29, 0.717) is 21.9 Å². The zero-order valence-electron chi connectivity index (χ0n) is 10.9. The molecule has 1 fully saturated rings. The summed E-state index contributed by atoms with van der Waals surface area (Å²) < 4.78 is 14.5. The number of hydrogen-bond donors (Lipinski definition) is 1. The first-order chi connectivity index (χ1) is 8.49. The monoisotopic (exact) mass is 314 g/mol. The fraction of sp³-hybridized carbons (Fsp3) is 0.600. The third-order valence-corrected chi connectivity index (χ3v) is 4.65. The predicted molar refractivity (Wildman–Crippen MR) is 74.7 cm³/mol. The maximum Gasteiger partial charge on any atom is 0.130 e. The number of aliphatic hydroxyl groups excluding tert-OH is 1. The lowest BCUT2D eigenvalue weighted by Crippen LogP contribution is -2.25. The lowest BCUT2D eigenvalue weighted by Gasteiger charge is -2.34. The zero-order valence-corrected chi connectivity index (χ0v) is 12.5. The standard InChI is InChI=1S/C15H20BrFO/c1-9-6-10(2)8-11(7-9)15(18)14-12(16)4-3-5-13(14)17/h3-5,9-11,15,18H,6-8H2,1-2H3. The Balaban J connectivity index is 2.22. The van der Waals surface area contributed by atoms with Crippen molar-refractivity contribution in [3.05, 3.63) is 34.1 Å². The van der Waals surface area contributed by atoms with Crippen molar-refractivity contribution in [2.45, 2.75) is 39.2 Å². The van der Waals surface area contributed by atoms with E-state index in [0.717, 1.165) is 12.8 Å². The molecule has 1 aromatic carbocycles. The number of benzene rings is 1. The Hall–Kier alpha value is -0.410. The molecule has 1 nitrogen and oxygen atoms in total. The highest BCUT2D eigenvalue weighted by molar-refractivity contribution is 9.10. The van der Waals surface area contributed by atoms with Crippen LogP contribution in [0.15, 0.2) is 22.7 Å². The summed E-state index contributed by atoms with van der Waals surface area (Å²) in [7, 11) is 0. The van der Waals surface area contributed by atoms with Gasteiger partial charge < -0.3 is 5.11 Å². The van der Waals surface area contributed by atoms with E-state index in [2.05, 4.69) is 29.8 Å². The Labute approximate surface area is 117 Å². The zero-order chi connectivity index (χ0) is 13.3. The normalized spacial score (nSPS) is 30.2. The Morgan fingerprint density at radius 1 is 1.22 bits per heavy atom. The van der Waals surface area contributed by atoms with Crippen molar-refractivity contribution < 1.29 is 9.50 Å². The van der Waals surface area contributed by atoms with E-state index in [1.54, 1.807) is 12.1 Å². The molecule has 0 saturated heterocycles. The molecule has 1 saturated carbocycles. The summed E-state index contributed by atoms with van der Waals surface area (Å²) in [6.45, 7) is 4.43. The van der Waals surface area contributed by atoms with Crippen LogP contribution in [-0.2, 0) is 0 Å². The summed E-state index contributed by atoms with van der Waals surface area (Å²) in [5.41, 5.74) is 0.420. The number of rotatable bonds is 2. The van der Waals surface area contributed by atoms with Crippen molar-refractivity contribution in [2.24, 2.45) is 17.8 Å². The van der Waals surface area contributed by atoms with Crippen molar-refractivity contribution in [3.63, 3.8) is 0 Å². The number of hydrogen-bond acceptors (Lipinski definition) is 1. The molecule has 1 aliphatic rings. The first kappa shape index (κ1) is 14.0. The third kappa shape index (κ3) is 2.94. The molecule has 0 aliphatic heterocycles. The minimum atomic E-state index is -0.703. The fourth-order valence-corrected chi connectivity index (χ4v) is 3.87. The topological polar surface area (TPSA) is 20.2 Å². The van der Waals surface area contributed by atoms with Crippen molar-refractivity contribution in [2.75, 3.05) is 0 Å². The molecule has 0 heterocycles. The van der Waals surface area contributed by atoms with E-state index in [1.165, 1.54) is 12.5 Å². The Kier molecular flexibility index (Phi) is 4.44. The van der Waals surface area contributed by atoms with Gasteiger partial charge in [0.25, 0.3) is 0 Å². The van der Waals surface area contributed by atoms with Gasteiger partial charge in [-0.05, 0) is 49.1 Å². The molecule has 3 atom stereocenters. The van der Waals surface area contributed by atoms with Gasteiger partial charge in [0.1, 0.15) is 5.82 Å². The van der Waals surface area contributed by atoms with Crippen molar-refractivity contribution in [1.82, 2.24) is 0 Å². The quantitative estimate of drug-likeness (QED) is 0.839. The minimum Gasteiger partial charge on any atom is -0.388 e. The van der Waals surface area contributed by atoms with E-state index >= 15 is 0 Å². The van der Waals surface area contributed by atoms with Gasteiger partial charge in [-0.2, -0.15) is 0 Å². The SMILES string of the molecule is CC1CC(C)CC(C(O)c2c(F)cccc2Br)C1. The highest BCUT2D eigenvalue weighted by atomic mass is 79.9. The molecule has 2 rings (SSSR count). The second kappa shape index (κ2) is 5.70. The largest absolute Gasteiger partial charge is 0.388 e. The summed E-state index contributed by atoms with van der Waals surface area (Å²) in [5, 5.41) is 10.5. The van der Waals surface area contributed by atoms with Crippen molar-refractivity contribution in [3.8, 4) is 0 Å². The molecule has 0 radical (unpaired) electrons. The van der Waals surface area contributed by atoms with Gasteiger partial charge in [-0.15, -0.1) is 0 Å². The van der Waals surface area contributed by atoms with Gasteiger partial charge in [0.15, 0.2) is 0 Å². The van der Waals surface area contributed by atoms with Crippen molar-refractivity contribution in [1.29, 1.82) is 0 Å². The van der Waals surface area contributed by atoms with Crippen LogP contribution in [0.25, 0.3) is 0 Å². The number of aliphatic hydroxyl groups is 1. The van der Waals surface area contributed by atoms with Gasteiger partial charge in [-0.3, -0.25) is 0 Å². The number of halogens is 2. The molecule has 0 spiro atoms. The summed E-state index contributed by atoms with van der Waals surface area (Å²) in [5.74, 6) is 1.07. The van der Waals surface area contributed by atoms with Crippen LogP contribution in [0.4, 0.5) is 4.39 Å². The maximum absolute atomic E-state index is 13.9. The Morgan fingerprint density at radius 3 is 2.39 bits per heavy atom. The van der Waals surface area contributed by atoms with Gasteiger partial charge in [0.2, 0.25) is 0 Å². The van der Waals surface area contributed by atoms with Crippen molar-refractivity contribution >= 4 is 15.9 Å². The van der Waals surface area contributed by atoms with Crippen LogP contribution in [0.2, 0.25) is 0 Å². The summed E-state index contributed by atoms with van der Waals surface area (Å²) in [4.78, 5) is 0. The second-order valence-corrected chi connectivity index (χ2v) is 6.61. The summed E-state index contributed by atoms with van der Waals surface area (Å²) in [6, 6.07) is 4.86. The predicted octanol–water partition coefficient (Wildman–Crippen LogP) is 4.69. The molecule has 3 heteroatoms. The molecule has 0 aromatic heterocycles. The average Bonchev–Trinajstić information content (AvgIpc) is 2.27. The molecule has 18 heavy (non-hydrogen) atoms. The molecule has 1 aliphatic carbocycles. The van der Waals surface area contributed by atoms with Gasteiger partial charge >= 0.3 is 0 Å². The van der Waals surface area contributed by atoms with E-state index in [9.17, 15) is 9.50 Å². The van der Waals surface area contributed by atoms with Crippen LogP contribution in [0, 0.1) is 23.6 Å². The third-order valence-electron chi connectivity index (χ3n) is 3.96. The molecule has 1 aromatic rings. The second-order valence-electron chi connectivity index (χ2n) is 5.76.